The molecule has 3 aliphatic rings. The molecule has 310 valence electrons. The highest BCUT2D eigenvalue weighted by Crippen LogP contribution is 2.51. The molecule has 0 aromatic rings. The normalized spacial score (nSPS) is 37.3. The van der Waals surface area contributed by atoms with Crippen LogP contribution in [0.5, 0.6) is 0 Å². The third-order valence-electron chi connectivity index (χ3n) is 15.1. The van der Waals surface area contributed by atoms with Crippen LogP contribution < -0.4 is 0 Å². The minimum Gasteiger partial charge on any atom is -0.465 e. The van der Waals surface area contributed by atoms with E-state index in [0.29, 0.717) is 65.5 Å². The van der Waals surface area contributed by atoms with Gasteiger partial charge in [-0.3, -0.25) is 9.59 Å². The van der Waals surface area contributed by atoms with Crippen molar-refractivity contribution in [3.63, 3.8) is 0 Å². The zero-order valence-electron chi connectivity index (χ0n) is 37.6. The van der Waals surface area contributed by atoms with Crippen LogP contribution in [-0.4, -0.2) is 25.2 Å². The van der Waals surface area contributed by atoms with Gasteiger partial charge in [0.05, 0.1) is 25.0 Å². The molecule has 0 saturated heterocycles. The molecule has 4 heteroatoms. The van der Waals surface area contributed by atoms with Crippen molar-refractivity contribution in [2.45, 2.75) is 199 Å². The zero-order valence-corrected chi connectivity index (χ0v) is 37.6. The monoisotopic (exact) mass is 743 g/mol. The van der Waals surface area contributed by atoms with Gasteiger partial charge in [0.1, 0.15) is 0 Å². The Balaban J connectivity index is 1.51. The molecule has 3 fully saturated rings. The molecule has 3 rings (SSSR count). The van der Waals surface area contributed by atoms with Crippen molar-refractivity contribution in [1.82, 2.24) is 0 Å². The van der Waals surface area contributed by atoms with Gasteiger partial charge < -0.3 is 9.47 Å². The SMILES string of the molecule is CCCCC(C)CC(C)CC1(C)CC(C)C(COC(=O)C2CCC(C)CC2C(=O)OCC2C(C)CC(C)(CC(C)CC(C)CCCC)CC2C)C(C)C1. The first-order valence-electron chi connectivity index (χ1n) is 23.2. The van der Waals surface area contributed by atoms with E-state index >= 15 is 0 Å². The molecule has 11 atom stereocenters. The summed E-state index contributed by atoms with van der Waals surface area (Å²) in [4.78, 5) is 27.6. The van der Waals surface area contributed by atoms with Crippen LogP contribution in [0.4, 0.5) is 0 Å². The molecule has 0 radical (unpaired) electrons. The molecule has 0 aliphatic heterocycles. The van der Waals surface area contributed by atoms with E-state index in [1.807, 2.05) is 0 Å². The van der Waals surface area contributed by atoms with Gasteiger partial charge in [-0.2, -0.15) is 0 Å². The van der Waals surface area contributed by atoms with E-state index in [9.17, 15) is 9.59 Å². The number of carbonyl (C=O) groups is 2. The summed E-state index contributed by atoms with van der Waals surface area (Å²) in [6.45, 7) is 32.1. The van der Waals surface area contributed by atoms with Gasteiger partial charge >= 0.3 is 11.9 Å². The number of rotatable bonds is 20. The average molecular weight is 743 g/mol. The predicted molar refractivity (Wildman–Crippen MR) is 224 cm³/mol. The van der Waals surface area contributed by atoms with Crippen molar-refractivity contribution in [3.8, 4) is 0 Å². The average Bonchev–Trinajstić information content (AvgIpc) is 3.04. The fourth-order valence-electron chi connectivity index (χ4n) is 13.1. The van der Waals surface area contributed by atoms with Gasteiger partial charge in [0.25, 0.3) is 0 Å². The molecular weight excluding hydrogens is 653 g/mol. The van der Waals surface area contributed by atoms with Crippen LogP contribution in [0.3, 0.4) is 0 Å². The first kappa shape index (κ1) is 46.3. The number of esters is 2. The third-order valence-corrected chi connectivity index (χ3v) is 15.1. The van der Waals surface area contributed by atoms with Crippen molar-refractivity contribution in [2.24, 2.45) is 87.8 Å². The fourth-order valence-corrected chi connectivity index (χ4v) is 13.1. The lowest BCUT2D eigenvalue weighted by atomic mass is 9.59. The molecule has 3 saturated carbocycles. The summed E-state index contributed by atoms with van der Waals surface area (Å²) < 4.78 is 12.4. The minimum atomic E-state index is -0.382. The Hall–Kier alpha value is -1.06. The van der Waals surface area contributed by atoms with Gasteiger partial charge in [0.2, 0.25) is 0 Å². The Morgan fingerprint density at radius 1 is 0.585 bits per heavy atom. The Morgan fingerprint density at radius 3 is 1.34 bits per heavy atom. The number of ether oxygens (including phenoxy) is 2. The molecule has 53 heavy (non-hydrogen) atoms. The molecule has 0 aromatic carbocycles. The van der Waals surface area contributed by atoms with Crippen LogP contribution >= 0.6 is 0 Å². The molecule has 0 amide bonds. The van der Waals surface area contributed by atoms with Crippen LogP contribution in [0.2, 0.25) is 0 Å². The second-order valence-corrected chi connectivity index (χ2v) is 21.7. The van der Waals surface area contributed by atoms with Crippen LogP contribution in [-0.2, 0) is 19.1 Å². The van der Waals surface area contributed by atoms with Gasteiger partial charge in [0.15, 0.2) is 0 Å². The first-order valence-corrected chi connectivity index (χ1v) is 23.2. The van der Waals surface area contributed by atoms with Gasteiger partial charge in [-0.1, -0.05) is 129 Å². The van der Waals surface area contributed by atoms with E-state index in [0.717, 1.165) is 42.9 Å². The maximum Gasteiger partial charge on any atom is 0.309 e. The molecular formula is C49H90O4. The van der Waals surface area contributed by atoms with Crippen molar-refractivity contribution in [1.29, 1.82) is 0 Å². The van der Waals surface area contributed by atoms with E-state index in [1.165, 1.54) is 89.9 Å². The summed E-state index contributed by atoms with van der Waals surface area (Å²) in [6.07, 6.45) is 20.5. The number of hydrogen-bond donors (Lipinski definition) is 0. The van der Waals surface area contributed by atoms with E-state index in [2.05, 4.69) is 90.0 Å². The molecule has 3 aliphatic carbocycles. The van der Waals surface area contributed by atoms with E-state index in [1.54, 1.807) is 0 Å². The largest absolute Gasteiger partial charge is 0.465 e. The van der Waals surface area contributed by atoms with Crippen LogP contribution in [0, 0.1) is 87.8 Å². The predicted octanol–water partition coefficient (Wildman–Crippen LogP) is 14.0. The standard InChI is InChI=1S/C49H90O4/c1-14-16-18-33(3)22-36(6)25-48(12)27-38(8)44(39(9)28-48)31-52-46(50)42-21-20-35(5)24-43(42)47(51)53-32-45-40(10)29-49(13,30-41(45)11)26-37(7)23-34(4)19-17-15-2/h33-45H,14-32H2,1-13H3. The quantitative estimate of drug-likeness (QED) is 0.117. The lowest BCUT2D eigenvalue weighted by Gasteiger charge is -2.47. The van der Waals surface area contributed by atoms with Crippen molar-refractivity contribution >= 4 is 11.9 Å². The highest BCUT2D eigenvalue weighted by Gasteiger charge is 2.45. The lowest BCUT2D eigenvalue weighted by molar-refractivity contribution is -0.167. The topological polar surface area (TPSA) is 52.6 Å². The molecule has 4 nitrogen and oxygen atoms in total. The second kappa shape index (κ2) is 21.5. The number of hydrogen-bond acceptors (Lipinski definition) is 4. The van der Waals surface area contributed by atoms with Gasteiger partial charge in [-0.25, -0.2) is 0 Å². The maximum atomic E-state index is 13.8. The minimum absolute atomic E-state index is 0.158. The molecule has 11 unspecified atom stereocenters. The van der Waals surface area contributed by atoms with Gasteiger partial charge in [-0.15, -0.1) is 0 Å². The highest BCUT2D eigenvalue weighted by molar-refractivity contribution is 5.82. The second-order valence-electron chi connectivity index (χ2n) is 21.7. The van der Waals surface area contributed by atoms with Crippen molar-refractivity contribution < 1.29 is 19.1 Å². The summed E-state index contributed by atoms with van der Waals surface area (Å²) in [5.74, 6) is 5.31. The summed E-state index contributed by atoms with van der Waals surface area (Å²) in [7, 11) is 0. The fraction of sp³-hybridized carbons (Fsp3) is 0.959. The summed E-state index contributed by atoms with van der Waals surface area (Å²) >= 11 is 0. The highest BCUT2D eigenvalue weighted by atomic mass is 16.5. The van der Waals surface area contributed by atoms with Crippen LogP contribution in [0.15, 0.2) is 0 Å². The number of carbonyl (C=O) groups excluding carboxylic acids is 2. The van der Waals surface area contributed by atoms with Crippen LogP contribution in [0.25, 0.3) is 0 Å². The third kappa shape index (κ3) is 14.4. The summed E-state index contributed by atoms with van der Waals surface area (Å²) in [5.41, 5.74) is 0.711. The molecule has 0 spiro atoms. The van der Waals surface area contributed by atoms with Gasteiger partial charge in [0, 0.05) is 0 Å². The molecule has 0 bridgehead atoms. The Kier molecular flexibility index (Phi) is 18.8. The van der Waals surface area contributed by atoms with Gasteiger partial charge in [-0.05, 0) is 147 Å². The Morgan fingerprint density at radius 2 is 0.962 bits per heavy atom. The number of unbranched alkanes of at least 4 members (excludes halogenated alkanes) is 2. The van der Waals surface area contributed by atoms with E-state index in [-0.39, 0.29) is 23.8 Å². The maximum absolute atomic E-state index is 13.8. The van der Waals surface area contributed by atoms with Crippen LogP contribution in [0.1, 0.15) is 199 Å². The lowest BCUT2D eigenvalue weighted by Crippen LogP contribution is -2.42. The van der Waals surface area contributed by atoms with Crippen molar-refractivity contribution in [3.05, 3.63) is 0 Å². The molecule has 0 heterocycles. The molecule has 0 aromatic heterocycles. The van der Waals surface area contributed by atoms with E-state index in [4.69, 9.17) is 9.47 Å². The summed E-state index contributed by atoms with van der Waals surface area (Å²) in [5, 5.41) is 0. The molecule has 0 N–H and O–H groups in total. The van der Waals surface area contributed by atoms with E-state index < -0.39 is 0 Å². The Bertz CT molecular complexity index is 1060. The smallest absolute Gasteiger partial charge is 0.309 e. The first-order chi connectivity index (χ1) is 24.9. The Labute approximate surface area is 330 Å². The summed E-state index contributed by atoms with van der Waals surface area (Å²) in [6, 6.07) is 0. The zero-order chi connectivity index (χ0) is 39.5. The van der Waals surface area contributed by atoms with Crippen molar-refractivity contribution in [2.75, 3.05) is 13.2 Å².